The van der Waals surface area contributed by atoms with Crippen LogP contribution in [0, 0.1) is 0 Å². The van der Waals surface area contributed by atoms with Gasteiger partial charge in [-0.1, -0.05) is 30.3 Å². The molecule has 0 spiro atoms. The van der Waals surface area contributed by atoms with Gasteiger partial charge in [0.2, 0.25) is 0 Å². The van der Waals surface area contributed by atoms with E-state index in [0.717, 1.165) is 11.4 Å². The highest BCUT2D eigenvalue weighted by Crippen LogP contribution is 2.07. The van der Waals surface area contributed by atoms with Gasteiger partial charge in [-0.2, -0.15) is 5.10 Å². The van der Waals surface area contributed by atoms with E-state index in [1.54, 1.807) is 0 Å². The van der Waals surface area contributed by atoms with Crippen molar-refractivity contribution in [1.29, 1.82) is 0 Å². The Bertz CT molecular complexity index is 637. The summed E-state index contributed by atoms with van der Waals surface area (Å²) < 4.78 is 0. The average Bonchev–Trinajstić information content (AvgIpc) is 2.98. The molecule has 3 amide bonds. The molecule has 1 atom stereocenters. The summed E-state index contributed by atoms with van der Waals surface area (Å²) in [5, 5.41) is 11.6. The van der Waals surface area contributed by atoms with Crippen LogP contribution in [0.4, 0.5) is 4.79 Å². The van der Waals surface area contributed by atoms with E-state index in [0.29, 0.717) is 12.2 Å². The number of carbonyl (C=O) groups excluding carboxylic acids is 2. The molecular weight excluding hydrogens is 258 g/mol. The van der Waals surface area contributed by atoms with Crippen molar-refractivity contribution in [1.82, 2.24) is 25.8 Å². The molecule has 2 aromatic rings. The van der Waals surface area contributed by atoms with Gasteiger partial charge < -0.3 is 5.32 Å². The van der Waals surface area contributed by atoms with E-state index < -0.39 is 12.1 Å². The molecule has 102 valence electrons. The zero-order valence-electron chi connectivity index (χ0n) is 10.6. The fourth-order valence-electron chi connectivity index (χ4n) is 2.08. The smallest absolute Gasteiger partial charge is 0.322 e. The number of hydrogen-bond acceptors (Lipinski definition) is 4. The number of aromatic nitrogens is 3. The number of hydrogen-bond donors (Lipinski definition) is 3. The first-order valence-electron chi connectivity index (χ1n) is 6.26. The second-order valence-electron chi connectivity index (χ2n) is 4.58. The minimum atomic E-state index is -0.595. The number of rotatable bonds is 4. The van der Waals surface area contributed by atoms with Crippen molar-refractivity contribution in [2.24, 2.45) is 0 Å². The summed E-state index contributed by atoms with van der Waals surface area (Å²) in [5.74, 6) is 0.902. The zero-order chi connectivity index (χ0) is 13.9. The van der Waals surface area contributed by atoms with Crippen LogP contribution in [-0.4, -0.2) is 33.2 Å². The predicted molar refractivity (Wildman–Crippen MR) is 69.8 cm³/mol. The molecule has 0 saturated carbocycles. The standard InChI is InChI=1S/C13H13N5O2/c19-12-9(14-13(20)16-12)7-11-15-10(17-18-11)6-8-4-2-1-3-5-8/h1-5,9H,6-7H2,(H,15,17,18)(H2,14,16,19,20)/t9-/m0/s1. The van der Waals surface area contributed by atoms with Gasteiger partial charge in [0.1, 0.15) is 11.9 Å². The van der Waals surface area contributed by atoms with Crippen LogP contribution in [0.3, 0.4) is 0 Å². The van der Waals surface area contributed by atoms with Gasteiger partial charge in [-0.15, -0.1) is 0 Å². The van der Waals surface area contributed by atoms with E-state index in [1.165, 1.54) is 0 Å². The van der Waals surface area contributed by atoms with Crippen molar-refractivity contribution in [3.05, 3.63) is 47.5 Å². The zero-order valence-corrected chi connectivity index (χ0v) is 10.6. The van der Waals surface area contributed by atoms with Gasteiger partial charge in [0, 0.05) is 12.8 Å². The Morgan fingerprint density at radius 2 is 1.95 bits per heavy atom. The first-order chi connectivity index (χ1) is 9.70. The second kappa shape index (κ2) is 5.12. The van der Waals surface area contributed by atoms with E-state index in [-0.39, 0.29) is 12.3 Å². The summed E-state index contributed by atoms with van der Waals surface area (Å²) in [6.45, 7) is 0. The minimum Gasteiger partial charge on any atom is -0.326 e. The van der Waals surface area contributed by atoms with Gasteiger partial charge >= 0.3 is 6.03 Å². The lowest BCUT2D eigenvalue weighted by Crippen LogP contribution is -2.31. The number of benzene rings is 1. The second-order valence-corrected chi connectivity index (χ2v) is 4.58. The number of carbonyl (C=O) groups is 2. The van der Waals surface area contributed by atoms with Crippen LogP contribution < -0.4 is 10.6 Å². The number of H-pyrrole nitrogens is 1. The molecule has 2 heterocycles. The molecule has 7 nitrogen and oxygen atoms in total. The van der Waals surface area contributed by atoms with Crippen LogP contribution >= 0.6 is 0 Å². The molecule has 1 aliphatic rings. The Labute approximate surface area is 114 Å². The summed E-state index contributed by atoms with van der Waals surface area (Å²) in [5.41, 5.74) is 1.13. The average molecular weight is 271 g/mol. The van der Waals surface area contributed by atoms with Crippen molar-refractivity contribution in [2.75, 3.05) is 0 Å². The molecule has 1 saturated heterocycles. The van der Waals surface area contributed by atoms with Crippen molar-refractivity contribution >= 4 is 11.9 Å². The molecule has 3 N–H and O–H groups in total. The van der Waals surface area contributed by atoms with Crippen LogP contribution in [0.25, 0.3) is 0 Å². The van der Waals surface area contributed by atoms with Gasteiger partial charge in [0.25, 0.3) is 5.91 Å². The lowest BCUT2D eigenvalue weighted by Gasteiger charge is -2.02. The van der Waals surface area contributed by atoms with E-state index in [1.807, 2.05) is 30.3 Å². The number of nitrogens with zero attached hydrogens (tertiary/aromatic N) is 2. The van der Waals surface area contributed by atoms with Crippen molar-refractivity contribution in [3.8, 4) is 0 Å². The molecular formula is C13H13N5O2. The number of aromatic amines is 1. The highest BCUT2D eigenvalue weighted by molar-refractivity contribution is 6.04. The van der Waals surface area contributed by atoms with Gasteiger partial charge in [0.05, 0.1) is 0 Å². The third kappa shape index (κ3) is 2.66. The van der Waals surface area contributed by atoms with Gasteiger partial charge in [0.15, 0.2) is 5.82 Å². The molecule has 0 radical (unpaired) electrons. The quantitative estimate of drug-likeness (QED) is 0.689. The maximum Gasteiger partial charge on any atom is 0.322 e. The minimum absolute atomic E-state index is 0.281. The summed E-state index contributed by atoms with van der Waals surface area (Å²) in [7, 11) is 0. The SMILES string of the molecule is O=C1NC(=O)[C@H](Cc2n[nH]c(Cc3ccccc3)n2)N1. The Kier molecular flexibility index (Phi) is 3.16. The van der Waals surface area contributed by atoms with Gasteiger partial charge in [-0.25, -0.2) is 9.78 Å². The van der Waals surface area contributed by atoms with Crippen molar-refractivity contribution in [2.45, 2.75) is 18.9 Å². The Morgan fingerprint density at radius 3 is 2.65 bits per heavy atom. The molecule has 1 aromatic carbocycles. The maximum absolute atomic E-state index is 11.4. The Hall–Kier alpha value is -2.70. The molecule has 0 unspecified atom stereocenters. The predicted octanol–water partition coefficient (Wildman–Crippen LogP) is 0.146. The highest BCUT2D eigenvalue weighted by atomic mass is 16.2. The topological polar surface area (TPSA) is 99.8 Å². The number of amides is 3. The van der Waals surface area contributed by atoms with Crippen molar-refractivity contribution < 1.29 is 9.59 Å². The number of nitrogens with one attached hydrogen (secondary N) is 3. The lowest BCUT2D eigenvalue weighted by atomic mass is 10.1. The number of urea groups is 1. The highest BCUT2D eigenvalue weighted by Gasteiger charge is 2.30. The molecule has 1 aromatic heterocycles. The third-order valence-electron chi connectivity index (χ3n) is 3.04. The Balaban J connectivity index is 1.65. The van der Waals surface area contributed by atoms with E-state index in [2.05, 4.69) is 25.8 Å². The number of imide groups is 1. The first kappa shape index (κ1) is 12.3. The summed E-state index contributed by atoms with van der Waals surface area (Å²) >= 11 is 0. The monoisotopic (exact) mass is 271 g/mol. The van der Waals surface area contributed by atoms with Crippen LogP contribution in [0.15, 0.2) is 30.3 Å². The van der Waals surface area contributed by atoms with E-state index in [9.17, 15) is 9.59 Å². The van der Waals surface area contributed by atoms with Gasteiger partial charge in [-0.3, -0.25) is 15.2 Å². The third-order valence-corrected chi connectivity index (χ3v) is 3.04. The van der Waals surface area contributed by atoms with Crippen LogP contribution in [0.1, 0.15) is 17.2 Å². The fraction of sp³-hybridized carbons (Fsp3) is 0.231. The summed E-state index contributed by atoms with van der Waals surface area (Å²) in [4.78, 5) is 26.8. The van der Waals surface area contributed by atoms with Crippen LogP contribution in [0.2, 0.25) is 0 Å². The molecule has 20 heavy (non-hydrogen) atoms. The molecule has 1 aliphatic heterocycles. The molecule has 0 bridgehead atoms. The van der Waals surface area contributed by atoms with Crippen LogP contribution in [-0.2, 0) is 17.6 Å². The van der Waals surface area contributed by atoms with Crippen LogP contribution in [0.5, 0.6) is 0 Å². The fourth-order valence-corrected chi connectivity index (χ4v) is 2.08. The summed E-state index contributed by atoms with van der Waals surface area (Å²) in [6, 6.07) is 8.83. The van der Waals surface area contributed by atoms with E-state index >= 15 is 0 Å². The van der Waals surface area contributed by atoms with Gasteiger partial charge in [-0.05, 0) is 5.56 Å². The maximum atomic E-state index is 11.4. The lowest BCUT2D eigenvalue weighted by molar-refractivity contribution is -0.120. The molecule has 0 aliphatic carbocycles. The summed E-state index contributed by atoms with van der Waals surface area (Å²) in [6.07, 6.45) is 0.930. The van der Waals surface area contributed by atoms with Crippen molar-refractivity contribution in [3.63, 3.8) is 0 Å². The Morgan fingerprint density at radius 1 is 1.15 bits per heavy atom. The molecule has 1 fully saturated rings. The molecule has 7 heteroatoms. The normalized spacial score (nSPS) is 17.9. The van der Waals surface area contributed by atoms with E-state index in [4.69, 9.17) is 0 Å². The molecule has 3 rings (SSSR count). The first-order valence-corrected chi connectivity index (χ1v) is 6.26. The largest absolute Gasteiger partial charge is 0.326 e.